The molecule has 3 rings (SSSR count). The number of phenolic OH excluding ortho intramolecular Hbond substituents is 1. The molecule has 0 aromatic heterocycles. The Morgan fingerprint density at radius 2 is 1.64 bits per heavy atom. The van der Waals surface area contributed by atoms with Crippen LogP contribution < -0.4 is 10.1 Å². The molecule has 33 heavy (non-hydrogen) atoms. The van der Waals surface area contributed by atoms with Crippen molar-refractivity contribution in [2.75, 3.05) is 13.2 Å². The summed E-state index contributed by atoms with van der Waals surface area (Å²) in [6, 6.07) is 19.3. The minimum Gasteiger partial charge on any atom is -0.508 e. The second-order valence-corrected chi connectivity index (χ2v) is 8.41. The van der Waals surface area contributed by atoms with E-state index in [-0.39, 0.29) is 17.7 Å². The van der Waals surface area contributed by atoms with Crippen LogP contribution in [-0.4, -0.2) is 40.5 Å². The van der Waals surface area contributed by atoms with Gasteiger partial charge >= 0.3 is 5.97 Å². The first-order chi connectivity index (χ1) is 15.8. The molecule has 2 atom stereocenters. The van der Waals surface area contributed by atoms with E-state index in [0.717, 1.165) is 28.0 Å². The lowest BCUT2D eigenvalue weighted by Gasteiger charge is -2.21. The molecule has 0 aliphatic carbocycles. The van der Waals surface area contributed by atoms with Crippen LogP contribution in [0.5, 0.6) is 11.5 Å². The summed E-state index contributed by atoms with van der Waals surface area (Å²) < 4.78 is 5.82. The average molecular weight is 450 g/mol. The Kier molecular flexibility index (Phi) is 8.09. The lowest BCUT2D eigenvalue weighted by Crippen LogP contribution is -2.35. The van der Waals surface area contributed by atoms with Crippen LogP contribution in [0.1, 0.15) is 54.3 Å². The van der Waals surface area contributed by atoms with Crippen LogP contribution in [0.4, 0.5) is 0 Å². The molecule has 4 N–H and O–H groups in total. The van der Waals surface area contributed by atoms with E-state index in [0.29, 0.717) is 18.7 Å². The van der Waals surface area contributed by atoms with E-state index in [1.165, 1.54) is 0 Å². The number of ether oxygens (including phenoxy) is 1. The highest BCUT2D eigenvalue weighted by Crippen LogP contribution is 2.31. The van der Waals surface area contributed by atoms with Crippen molar-refractivity contribution in [1.29, 1.82) is 0 Å². The first kappa shape index (κ1) is 24.3. The van der Waals surface area contributed by atoms with Crippen LogP contribution >= 0.6 is 0 Å². The van der Waals surface area contributed by atoms with Gasteiger partial charge in [-0.05, 0) is 71.5 Å². The van der Waals surface area contributed by atoms with Crippen LogP contribution in [0.25, 0.3) is 11.1 Å². The van der Waals surface area contributed by atoms with Gasteiger partial charge in [0.1, 0.15) is 18.1 Å². The number of aromatic hydroxyl groups is 1. The van der Waals surface area contributed by atoms with Crippen molar-refractivity contribution in [3.63, 3.8) is 0 Å². The number of nitrogens with one attached hydrogen (secondary N) is 1. The lowest BCUT2D eigenvalue weighted by atomic mass is 9.91. The molecule has 0 heterocycles. The molecule has 0 bridgehead atoms. The average Bonchev–Trinajstić information content (AvgIpc) is 2.81. The zero-order chi connectivity index (χ0) is 24.0. The second-order valence-electron chi connectivity index (χ2n) is 8.41. The molecule has 0 fully saturated rings. The molecule has 3 aromatic carbocycles. The summed E-state index contributed by atoms with van der Waals surface area (Å²) in [7, 11) is 0. The van der Waals surface area contributed by atoms with Gasteiger partial charge < -0.3 is 25.4 Å². The van der Waals surface area contributed by atoms with E-state index in [4.69, 9.17) is 4.74 Å². The number of aliphatic hydroxyl groups is 1. The third-order valence-corrected chi connectivity index (χ3v) is 5.63. The molecule has 0 amide bonds. The fourth-order valence-corrected chi connectivity index (χ4v) is 3.69. The molecule has 0 aliphatic heterocycles. The van der Waals surface area contributed by atoms with E-state index in [2.05, 4.69) is 19.2 Å². The molecule has 0 spiro atoms. The zero-order valence-corrected chi connectivity index (χ0v) is 19.2. The Morgan fingerprint density at radius 1 is 0.970 bits per heavy atom. The molecule has 0 saturated carbocycles. The maximum absolute atomic E-state index is 11.3. The number of hydrogen-bond donors (Lipinski definition) is 4. The predicted molar refractivity (Wildman–Crippen MR) is 129 cm³/mol. The molecular weight excluding hydrogens is 418 g/mol. The van der Waals surface area contributed by atoms with E-state index >= 15 is 0 Å². The van der Waals surface area contributed by atoms with Crippen molar-refractivity contribution in [3.05, 3.63) is 83.4 Å². The van der Waals surface area contributed by atoms with Gasteiger partial charge in [0.05, 0.1) is 11.7 Å². The highest BCUT2D eigenvalue weighted by Gasteiger charge is 2.16. The summed E-state index contributed by atoms with van der Waals surface area (Å²) in [5, 5.41) is 32.3. The Bertz CT molecular complexity index is 1060. The molecule has 0 aliphatic rings. The van der Waals surface area contributed by atoms with Crippen LogP contribution in [0.2, 0.25) is 0 Å². The van der Waals surface area contributed by atoms with Crippen LogP contribution in [0.3, 0.4) is 0 Å². The largest absolute Gasteiger partial charge is 0.508 e. The van der Waals surface area contributed by atoms with Crippen molar-refractivity contribution in [3.8, 4) is 22.6 Å². The summed E-state index contributed by atoms with van der Waals surface area (Å²) in [6.45, 7) is 7.00. The van der Waals surface area contributed by atoms with Crippen molar-refractivity contribution < 1.29 is 24.9 Å². The smallest absolute Gasteiger partial charge is 0.335 e. The lowest BCUT2D eigenvalue weighted by molar-refractivity contribution is 0.0696. The molecule has 0 saturated heterocycles. The Labute approximate surface area is 194 Å². The van der Waals surface area contributed by atoms with Crippen molar-refractivity contribution in [2.45, 2.75) is 38.8 Å². The maximum atomic E-state index is 11.3. The third kappa shape index (κ3) is 6.34. The zero-order valence-electron chi connectivity index (χ0n) is 19.2. The number of phenols is 1. The highest BCUT2D eigenvalue weighted by molar-refractivity contribution is 5.89. The molecular formula is C27H31NO5. The van der Waals surface area contributed by atoms with E-state index < -0.39 is 12.1 Å². The normalized spacial score (nSPS) is 13.0. The minimum absolute atomic E-state index is 0.170. The Hall–Kier alpha value is -3.35. The van der Waals surface area contributed by atoms with Gasteiger partial charge in [-0.25, -0.2) is 4.79 Å². The summed E-state index contributed by atoms with van der Waals surface area (Å²) in [5.41, 5.74) is 4.04. The number of aliphatic hydroxyl groups excluding tert-OH is 1. The predicted octanol–water partition coefficient (Wildman–Crippen LogP) is 4.97. The van der Waals surface area contributed by atoms with Crippen LogP contribution in [-0.2, 0) is 0 Å². The van der Waals surface area contributed by atoms with E-state index in [1.807, 2.05) is 37.3 Å². The van der Waals surface area contributed by atoms with Gasteiger partial charge in [-0.2, -0.15) is 0 Å². The number of carboxylic acids is 1. The number of rotatable bonds is 10. The number of aromatic carboxylic acids is 1. The van der Waals surface area contributed by atoms with Gasteiger partial charge in [0.25, 0.3) is 0 Å². The Morgan fingerprint density at radius 3 is 2.24 bits per heavy atom. The minimum atomic E-state index is -0.925. The molecule has 6 heteroatoms. The number of benzene rings is 3. The van der Waals surface area contributed by atoms with Crippen molar-refractivity contribution in [2.24, 2.45) is 0 Å². The fourth-order valence-electron chi connectivity index (χ4n) is 3.69. The molecule has 174 valence electrons. The monoisotopic (exact) mass is 449 g/mol. The summed E-state index contributed by atoms with van der Waals surface area (Å²) >= 11 is 0. The first-order valence-electron chi connectivity index (χ1n) is 11.1. The summed E-state index contributed by atoms with van der Waals surface area (Å²) in [6.07, 6.45) is -0.687. The van der Waals surface area contributed by atoms with Gasteiger partial charge in [-0.1, -0.05) is 44.2 Å². The number of hydrogen-bond acceptors (Lipinski definition) is 5. The summed E-state index contributed by atoms with van der Waals surface area (Å²) in [5.74, 6) is 0.176. The van der Waals surface area contributed by atoms with Crippen molar-refractivity contribution >= 4 is 5.97 Å². The van der Waals surface area contributed by atoms with E-state index in [9.17, 15) is 20.1 Å². The second kappa shape index (κ2) is 11.0. The Balaban J connectivity index is 1.55. The highest BCUT2D eigenvalue weighted by atomic mass is 16.5. The molecule has 6 nitrogen and oxygen atoms in total. The maximum Gasteiger partial charge on any atom is 0.335 e. The van der Waals surface area contributed by atoms with Gasteiger partial charge in [0.15, 0.2) is 0 Å². The number of carboxylic acid groups (broad SMARTS) is 1. The molecule has 0 unspecified atom stereocenters. The standard InChI is InChI=1S/C27H31NO5/c1-17(2)25-16-21(27(31)32)8-13-24(25)19-6-11-23(12-7-19)33-15-14-28-18(3)26(30)20-4-9-22(29)10-5-20/h4-13,16-18,26,28-30H,14-15H2,1-3H3,(H,31,32)/t18-,26+/m1/s1. The van der Waals surface area contributed by atoms with Crippen LogP contribution in [0.15, 0.2) is 66.7 Å². The summed E-state index contributed by atoms with van der Waals surface area (Å²) in [4.78, 5) is 11.3. The van der Waals surface area contributed by atoms with Gasteiger partial charge in [-0.15, -0.1) is 0 Å². The number of carbonyl (C=O) groups is 1. The van der Waals surface area contributed by atoms with Crippen molar-refractivity contribution in [1.82, 2.24) is 5.32 Å². The molecule has 0 radical (unpaired) electrons. The van der Waals surface area contributed by atoms with Gasteiger partial charge in [0.2, 0.25) is 0 Å². The van der Waals surface area contributed by atoms with E-state index in [1.54, 1.807) is 36.4 Å². The topological polar surface area (TPSA) is 99.0 Å². The van der Waals surface area contributed by atoms with Crippen LogP contribution in [0, 0.1) is 0 Å². The quantitative estimate of drug-likeness (QED) is 0.326. The SMILES string of the molecule is CC(C)c1cc(C(=O)O)ccc1-c1ccc(OCCN[C@H](C)[C@H](O)c2ccc(O)cc2)cc1. The van der Waals surface area contributed by atoms with Gasteiger partial charge in [0, 0.05) is 12.6 Å². The first-order valence-corrected chi connectivity index (χ1v) is 11.1. The molecule has 3 aromatic rings. The van der Waals surface area contributed by atoms with Gasteiger partial charge in [-0.3, -0.25) is 0 Å². The third-order valence-electron chi connectivity index (χ3n) is 5.63. The fraction of sp³-hybridized carbons (Fsp3) is 0.296.